The molecular weight excluding hydrogens is 167 g/mol. The number of alkyl halides is 1. The van der Waals surface area contributed by atoms with E-state index in [0.717, 1.165) is 0 Å². The first-order chi connectivity index (χ1) is 2.56. The summed E-state index contributed by atoms with van der Waals surface area (Å²) in [6, 6.07) is 0. The monoisotopic (exact) mass is 172 g/mol. The fraction of sp³-hybridized carbons (Fsp3) is 1.00. The summed E-state index contributed by atoms with van der Waals surface area (Å²) in [5, 5.41) is 0.194. The smallest absolute Gasteiger partial charge is 0.207 e. The largest absolute Gasteiger partial charge is 0.344 e. The SMILES string of the molecule is CP(=O)(O)CBr. The van der Waals surface area contributed by atoms with Crippen molar-refractivity contribution < 1.29 is 9.46 Å². The summed E-state index contributed by atoms with van der Waals surface area (Å²) in [6.45, 7) is 1.31. The van der Waals surface area contributed by atoms with E-state index in [-0.39, 0.29) is 5.07 Å². The topological polar surface area (TPSA) is 37.3 Å². The molecule has 0 aliphatic rings. The van der Waals surface area contributed by atoms with E-state index >= 15 is 0 Å². The zero-order valence-corrected chi connectivity index (χ0v) is 5.87. The standard InChI is InChI=1S/C2H6BrO2P/c1-6(4,5)2-3/h2H2,1H3,(H,4,5). The molecule has 0 fully saturated rings. The average Bonchev–Trinajstić information content (AvgIpc) is 1.35. The molecule has 0 heterocycles. The second-order valence-electron chi connectivity index (χ2n) is 1.17. The molecule has 0 amide bonds. The van der Waals surface area contributed by atoms with Gasteiger partial charge in [0.15, 0.2) is 0 Å². The Kier molecular flexibility index (Phi) is 2.34. The predicted octanol–water partition coefficient (Wildman–Crippen LogP) is 1.24. The van der Waals surface area contributed by atoms with Crippen molar-refractivity contribution in [1.82, 2.24) is 0 Å². The summed E-state index contributed by atoms with van der Waals surface area (Å²) in [4.78, 5) is 8.34. The second-order valence-corrected chi connectivity index (χ2v) is 5.02. The number of hydrogen-bond acceptors (Lipinski definition) is 1. The van der Waals surface area contributed by atoms with Gasteiger partial charge in [0, 0.05) is 6.66 Å². The summed E-state index contributed by atoms with van der Waals surface area (Å²) in [7, 11) is -2.73. The maximum atomic E-state index is 10.1. The molecule has 0 aromatic heterocycles. The molecule has 6 heavy (non-hydrogen) atoms. The molecule has 0 spiro atoms. The van der Waals surface area contributed by atoms with Gasteiger partial charge in [-0.3, -0.25) is 4.57 Å². The molecule has 0 rings (SSSR count). The van der Waals surface area contributed by atoms with Gasteiger partial charge >= 0.3 is 0 Å². The zero-order chi connectivity index (χ0) is 5.21. The van der Waals surface area contributed by atoms with Crippen molar-refractivity contribution in [3.8, 4) is 0 Å². The molecule has 0 saturated heterocycles. The molecule has 0 aromatic rings. The summed E-state index contributed by atoms with van der Waals surface area (Å²) < 4.78 is 10.1. The number of rotatable bonds is 1. The third-order valence-electron chi connectivity index (χ3n) is 0.222. The van der Waals surface area contributed by atoms with Crippen LogP contribution < -0.4 is 0 Å². The van der Waals surface area contributed by atoms with Gasteiger partial charge < -0.3 is 4.89 Å². The fourth-order valence-electron chi connectivity index (χ4n) is 0. The van der Waals surface area contributed by atoms with Crippen molar-refractivity contribution in [2.24, 2.45) is 0 Å². The molecule has 2 nitrogen and oxygen atoms in total. The predicted molar refractivity (Wildman–Crippen MR) is 29.5 cm³/mol. The van der Waals surface area contributed by atoms with Crippen molar-refractivity contribution in [3.63, 3.8) is 0 Å². The van der Waals surface area contributed by atoms with Crippen LogP contribution in [0.1, 0.15) is 0 Å². The summed E-state index contributed by atoms with van der Waals surface area (Å²) in [5.74, 6) is 0. The van der Waals surface area contributed by atoms with E-state index in [9.17, 15) is 4.57 Å². The molecule has 0 radical (unpaired) electrons. The van der Waals surface area contributed by atoms with E-state index in [1.54, 1.807) is 0 Å². The van der Waals surface area contributed by atoms with Crippen LogP contribution in [0.5, 0.6) is 0 Å². The minimum absolute atomic E-state index is 0.194. The van der Waals surface area contributed by atoms with Gasteiger partial charge in [0.1, 0.15) is 0 Å². The van der Waals surface area contributed by atoms with Crippen molar-refractivity contribution in [2.75, 3.05) is 11.7 Å². The van der Waals surface area contributed by atoms with Gasteiger partial charge in [0.2, 0.25) is 7.37 Å². The highest BCUT2D eigenvalue weighted by molar-refractivity contribution is 9.10. The van der Waals surface area contributed by atoms with Crippen LogP contribution in [0.25, 0.3) is 0 Å². The lowest BCUT2D eigenvalue weighted by molar-refractivity contribution is 0.491. The Hall–Kier alpha value is 0.670. The summed E-state index contributed by atoms with van der Waals surface area (Å²) >= 11 is 2.86. The Morgan fingerprint density at radius 3 is 2.17 bits per heavy atom. The quantitative estimate of drug-likeness (QED) is 0.478. The fourth-order valence-corrected chi connectivity index (χ4v) is 0. The van der Waals surface area contributed by atoms with Crippen LogP contribution in [0, 0.1) is 0 Å². The van der Waals surface area contributed by atoms with Crippen molar-refractivity contribution in [3.05, 3.63) is 0 Å². The van der Waals surface area contributed by atoms with Gasteiger partial charge in [-0.05, 0) is 0 Å². The van der Waals surface area contributed by atoms with E-state index in [2.05, 4.69) is 15.9 Å². The Labute approximate surface area is 45.1 Å². The molecule has 0 saturated carbocycles. The highest BCUT2D eigenvalue weighted by Gasteiger charge is 2.03. The van der Waals surface area contributed by atoms with E-state index in [4.69, 9.17) is 4.89 Å². The second kappa shape index (κ2) is 2.10. The average molecular weight is 173 g/mol. The molecule has 38 valence electrons. The van der Waals surface area contributed by atoms with E-state index in [1.165, 1.54) is 6.66 Å². The first-order valence-corrected chi connectivity index (χ1v) is 4.83. The first kappa shape index (κ1) is 6.67. The molecule has 1 unspecified atom stereocenters. The zero-order valence-electron chi connectivity index (χ0n) is 3.39. The lowest BCUT2D eigenvalue weighted by Crippen LogP contribution is -1.71. The van der Waals surface area contributed by atoms with Gasteiger partial charge in [-0.25, -0.2) is 0 Å². The van der Waals surface area contributed by atoms with Crippen LogP contribution in [-0.2, 0) is 4.57 Å². The van der Waals surface area contributed by atoms with Crippen LogP contribution in [-0.4, -0.2) is 16.6 Å². The van der Waals surface area contributed by atoms with Gasteiger partial charge in [0.25, 0.3) is 0 Å². The third-order valence-corrected chi connectivity index (χ3v) is 3.46. The Morgan fingerprint density at radius 1 is 2.00 bits per heavy atom. The lowest BCUT2D eigenvalue weighted by atomic mass is 11.9. The van der Waals surface area contributed by atoms with Gasteiger partial charge in [-0.15, -0.1) is 0 Å². The maximum absolute atomic E-state index is 10.1. The van der Waals surface area contributed by atoms with Crippen LogP contribution >= 0.6 is 23.3 Å². The molecule has 1 atom stereocenters. The first-order valence-electron chi connectivity index (χ1n) is 1.41. The molecule has 1 N–H and O–H groups in total. The lowest BCUT2D eigenvalue weighted by Gasteiger charge is -1.93. The normalized spacial score (nSPS) is 19.8. The Bertz CT molecular complexity index is 75.6. The van der Waals surface area contributed by atoms with Crippen molar-refractivity contribution >= 4 is 23.3 Å². The Morgan fingerprint density at radius 2 is 2.17 bits per heavy atom. The van der Waals surface area contributed by atoms with Crippen LogP contribution in [0.15, 0.2) is 0 Å². The Balaban J connectivity index is 3.48. The summed E-state index contributed by atoms with van der Waals surface area (Å²) in [6.07, 6.45) is 0. The molecule has 0 aliphatic carbocycles. The minimum Gasteiger partial charge on any atom is -0.344 e. The van der Waals surface area contributed by atoms with Crippen LogP contribution in [0.3, 0.4) is 0 Å². The van der Waals surface area contributed by atoms with Crippen molar-refractivity contribution in [2.45, 2.75) is 0 Å². The van der Waals surface area contributed by atoms with E-state index in [0.29, 0.717) is 0 Å². The van der Waals surface area contributed by atoms with Gasteiger partial charge in [-0.2, -0.15) is 0 Å². The number of hydrogen-bond donors (Lipinski definition) is 1. The third kappa shape index (κ3) is 4.67. The highest BCUT2D eigenvalue weighted by atomic mass is 79.9. The van der Waals surface area contributed by atoms with E-state index in [1.807, 2.05) is 0 Å². The summed E-state index contributed by atoms with van der Waals surface area (Å²) in [5.41, 5.74) is 0. The number of halogens is 1. The highest BCUT2D eigenvalue weighted by Crippen LogP contribution is 2.36. The van der Waals surface area contributed by atoms with Gasteiger partial charge in [0.05, 0.1) is 5.07 Å². The molecule has 0 aromatic carbocycles. The molecule has 0 aliphatic heterocycles. The van der Waals surface area contributed by atoms with Gasteiger partial charge in [-0.1, -0.05) is 15.9 Å². The maximum Gasteiger partial charge on any atom is 0.207 e. The van der Waals surface area contributed by atoms with Crippen LogP contribution in [0.2, 0.25) is 0 Å². The minimum atomic E-state index is -2.73. The van der Waals surface area contributed by atoms with Crippen LogP contribution in [0.4, 0.5) is 0 Å². The molecule has 4 heteroatoms. The molecular formula is C2H6BrO2P. The van der Waals surface area contributed by atoms with E-state index < -0.39 is 7.37 Å². The molecule has 0 bridgehead atoms. The van der Waals surface area contributed by atoms with Crippen molar-refractivity contribution in [1.29, 1.82) is 0 Å².